The number of hydrogen-bond acceptors (Lipinski definition) is 2. The van der Waals surface area contributed by atoms with Crippen LogP contribution in [-0.4, -0.2) is 23.7 Å². The third-order valence-electron chi connectivity index (χ3n) is 3.18. The minimum absolute atomic E-state index is 0.0629. The summed E-state index contributed by atoms with van der Waals surface area (Å²) in [5, 5.41) is 2.59. The number of aromatic nitrogens is 1. The maximum atomic E-state index is 13.1. The number of hydrogen-bond donors (Lipinski definition) is 1. The second-order valence-electron chi connectivity index (χ2n) is 4.81. The van der Waals surface area contributed by atoms with Crippen molar-refractivity contribution < 1.29 is 13.2 Å². The van der Waals surface area contributed by atoms with Crippen molar-refractivity contribution in [2.24, 2.45) is 0 Å². The molecular formula is C16H17F3N2. The van der Waals surface area contributed by atoms with Gasteiger partial charge in [0, 0.05) is 24.9 Å². The number of nitrogens with one attached hydrogen (secondary N) is 1. The van der Waals surface area contributed by atoms with Crippen LogP contribution in [0.4, 0.5) is 13.2 Å². The molecule has 5 heteroatoms. The van der Waals surface area contributed by atoms with Crippen molar-refractivity contribution in [2.45, 2.75) is 25.1 Å². The van der Waals surface area contributed by atoms with Crippen LogP contribution >= 0.6 is 0 Å². The van der Waals surface area contributed by atoms with E-state index in [1.54, 1.807) is 42.6 Å². The van der Waals surface area contributed by atoms with Gasteiger partial charge in [0.25, 0.3) is 0 Å². The predicted octanol–water partition coefficient (Wildman–Crippen LogP) is 3.39. The molecule has 1 N–H and O–H groups in total. The quantitative estimate of drug-likeness (QED) is 0.883. The molecule has 0 fully saturated rings. The van der Waals surface area contributed by atoms with Crippen LogP contribution in [0.2, 0.25) is 0 Å². The van der Waals surface area contributed by atoms with Gasteiger partial charge in [0.2, 0.25) is 0 Å². The summed E-state index contributed by atoms with van der Waals surface area (Å²) in [6.07, 6.45) is -2.21. The van der Waals surface area contributed by atoms with Gasteiger partial charge < -0.3 is 5.32 Å². The van der Waals surface area contributed by atoms with Crippen LogP contribution in [0.15, 0.2) is 54.7 Å². The Labute approximate surface area is 122 Å². The summed E-state index contributed by atoms with van der Waals surface area (Å²) >= 11 is 0. The van der Waals surface area contributed by atoms with E-state index in [9.17, 15) is 13.2 Å². The number of rotatable bonds is 6. The first kappa shape index (κ1) is 15.5. The summed E-state index contributed by atoms with van der Waals surface area (Å²) in [6, 6.07) is 12.6. The monoisotopic (exact) mass is 294 g/mol. The molecule has 0 bridgehead atoms. The topological polar surface area (TPSA) is 24.9 Å². The van der Waals surface area contributed by atoms with Gasteiger partial charge >= 0.3 is 6.18 Å². The zero-order chi connectivity index (χ0) is 15.1. The third-order valence-corrected chi connectivity index (χ3v) is 3.18. The fourth-order valence-electron chi connectivity index (χ4n) is 2.07. The maximum absolute atomic E-state index is 13.1. The lowest BCUT2D eigenvalue weighted by Gasteiger charge is -2.21. The van der Waals surface area contributed by atoms with E-state index in [1.807, 2.05) is 12.1 Å². The van der Waals surface area contributed by atoms with E-state index in [4.69, 9.17) is 0 Å². The lowest BCUT2D eigenvalue weighted by atomic mass is 10.1. The van der Waals surface area contributed by atoms with Crippen molar-refractivity contribution in [1.82, 2.24) is 10.3 Å². The molecule has 0 aliphatic heterocycles. The van der Waals surface area contributed by atoms with Gasteiger partial charge in [-0.15, -0.1) is 0 Å². The molecule has 0 amide bonds. The molecule has 112 valence electrons. The fourth-order valence-corrected chi connectivity index (χ4v) is 2.07. The van der Waals surface area contributed by atoms with Crippen LogP contribution in [-0.2, 0) is 12.8 Å². The average molecular weight is 294 g/mol. The van der Waals surface area contributed by atoms with Gasteiger partial charge in [0.1, 0.15) is 6.04 Å². The van der Waals surface area contributed by atoms with Gasteiger partial charge in [-0.25, -0.2) is 0 Å². The number of pyridine rings is 1. The minimum atomic E-state index is -4.26. The Bertz CT molecular complexity index is 526. The maximum Gasteiger partial charge on any atom is 0.404 e. The van der Waals surface area contributed by atoms with Crippen molar-refractivity contribution in [3.8, 4) is 0 Å². The van der Waals surface area contributed by atoms with Gasteiger partial charge in [0.15, 0.2) is 0 Å². The second-order valence-corrected chi connectivity index (χ2v) is 4.81. The molecule has 0 aliphatic rings. The van der Waals surface area contributed by atoms with E-state index in [1.165, 1.54) is 0 Å². The summed E-state index contributed by atoms with van der Waals surface area (Å²) in [5.41, 5.74) is 1.45. The van der Waals surface area contributed by atoms with Crippen LogP contribution in [0.5, 0.6) is 0 Å². The van der Waals surface area contributed by atoms with Crippen molar-refractivity contribution in [3.63, 3.8) is 0 Å². The summed E-state index contributed by atoms with van der Waals surface area (Å²) in [7, 11) is 0. The zero-order valence-corrected chi connectivity index (χ0v) is 11.5. The molecule has 0 saturated carbocycles. The lowest BCUT2D eigenvalue weighted by molar-refractivity contribution is -0.155. The summed E-state index contributed by atoms with van der Waals surface area (Å²) in [5.74, 6) is 0. The van der Waals surface area contributed by atoms with Crippen LogP contribution in [0.1, 0.15) is 11.3 Å². The van der Waals surface area contributed by atoms with Gasteiger partial charge in [0.05, 0.1) is 0 Å². The van der Waals surface area contributed by atoms with E-state index < -0.39 is 12.2 Å². The standard InChI is InChI=1S/C16H17F3N2/c17-16(18,19)15(12-13-6-2-1-3-7-13)21-11-9-14-8-4-5-10-20-14/h1-8,10,15,21H,9,11-12H2/t15-/m0/s1. The molecule has 1 atom stereocenters. The Hall–Kier alpha value is -1.88. The van der Waals surface area contributed by atoms with Gasteiger partial charge in [-0.3, -0.25) is 4.98 Å². The molecule has 2 rings (SSSR count). The molecule has 0 spiro atoms. The van der Waals surface area contributed by atoms with E-state index in [0.29, 0.717) is 12.0 Å². The molecule has 0 unspecified atom stereocenters. The Morgan fingerprint density at radius 1 is 1.00 bits per heavy atom. The molecule has 0 saturated heterocycles. The molecule has 21 heavy (non-hydrogen) atoms. The first-order chi connectivity index (χ1) is 10.1. The fraction of sp³-hybridized carbons (Fsp3) is 0.312. The van der Waals surface area contributed by atoms with Gasteiger partial charge in [-0.1, -0.05) is 36.4 Å². The highest BCUT2D eigenvalue weighted by atomic mass is 19.4. The first-order valence-electron chi connectivity index (χ1n) is 6.79. The Morgan fingerprint density at radius 3 is 2.33 bits per heavy atom. The van der Waals surface area contributed by atoms with Gasteiger partial charge in [-0.05, 0) is 24.1 Å². The van der Waals surface area contributed by atoms with Crippen LogP contribution in [0.3, 0.4) is 0 Å². The first-order valence-corrected chi connectivity index (χ1v) is 6.79. The van der Waals surface area contributed by atoms with Crippen LogP contribution < -0.4 is 5.32 Å². The summed E-state index contributed by atoms with van der Waals surface area (Å²) < 4.78 is 39.2. The zero-order valence-electron chi connectivity index (χ0n) is 11.5. The molecule has 1 aromatic carbocycles. The van der Waals surface area contributed by atoms with Gasteiger partial charge in [-0.2, -0.15) is 13.2 Å². The van der Waals surface area contributed by atoms with E-state index in [2.05, 4.69) is 10.3 Å². The predicted molar refractivity (Wildman–Crippen MR) is 75.9 cm³/mol. The molecule has 2 aromatic rings. The number of halogens is 3. The molecule has 0 aliphatic carbocycles. The molecular weight excluding hydrogens is 277 g/mol. The largest absolute Gasteiger partial charge is 0.404 e. The highest BCUT2D eigenvalue weighted by molar-refractivity contribution is 5.16. The average Bonchev–Trinajstić information content (AvgIpc) is 2.47. The number of nitrogens with zero attached hydrogens (tertiary/aromatic N) is 1. The molecule has 0 radical (unpaired) electrons. The van der Waals surface area contributed by atoms with E-state index in [-0.39, 0.29) is 13.0 Å². The minimum Gasteiger partial charge on any atom is -0.305 e. The highest BCUT2D eigenvalue weighted by Crippen LogP contribution is 2.23. The van der Waals surface area contributed by atoms with Crippen molar-refractivity contribution in [1.29, 1.82) is 0 Å². The van der Waals surface area contributed by atoms with Crippen LogP contribution in [0.25, 0.3) is 0 Å². The Balaban J connectivity index is 1.91. The molecule has 1 heterocycles. The normalized spacial score (nSPS) is 13.1. The highest BCUT2D eigenvalue weighted by Gasteiger charge is 2.38. The third kappa shape index (κ3) is 5.19. The SMILES string of the molecule is FC(F)(F)[C@H](Cc1ccccc1)NCCc1ccccn1. The van der Waals surface area contributed by atoms with E-state index in [0.717, 1.165) is 5.69 Å². The Kier molecular flexibility index (Phi) is 5.33. The molecule has 2 nitrogen and oxygen atoms in total. The molecule has 1 aromatic heterocycles. The smallest absolute Gasteiger partial charge is 0.305 e. The lowest BCUT2D eigenvalue weighted by Crippen LogP contribution is -2.44. The second kappa shape index (κ2) is 7.22. The number of alkyl halides is 3. The number of benzene rings is 1. The van der Waals surface area contributed by atoms with Crippen molar-refractivity contribution in [3.05, 3.63) is 66.0 Å². The summed E-state index contributed by atoms with van der Waals surface area (Å²) in [6.45, 7) is 0.244. The van der Waals surface area contributed by atoms with E-state index >= 15 is 0 Å². The van der Waals surface area contributed by atoms with Crippen LogP contribution in [0, 0.1) is 0 Å². The van der Waals surface area contributed by atoms with Crippen molar-refractivity contribution in [2.75, 3.05) is 6.54 Å². The Morgan fingerprint density at radius 2 is 1.71 bits per heavy atom. The summed E-state index contributed by atoms with van der Waals surface area (Å²) in [4.78, 5) is 4.10. The van der Waals surface area contributed by atoms with Crippen molar-refractivity contribution >= 4 is 0 Å².